The molecule has 0 aliphatic carbocycles. The van der Waals surface area contributed by atoms with Crippen molar-refractivity contribution in [1.29, 1.82) is 0 Å². The summed E-state index contributed by atoms with van der Waals surface area (Å²) in [6.07, 6.45) is 3.90. The van der Waals surface area contributed by atoms with Crippen molar-refractivity contribution in [2.24, 2.45) is 7.05 Å². The molecule has 0 amide bonds. The van der Waals surface area contributed by atoms with Crippen LogP contribution in [0.1, 0.15) is 16.9 Å². The number of nitrogens with zero attached hydrogens (tertiary/aromatic N) is 2. The molecule has 19 heavy (non-hydrogen) atoms. The van der Waals surface area contributed by atoms with Gasteiger partial charge in [-0.15, -0.1) is 0 Å². The molecule has 1 aromatic carbocycles. The molecule has 4 nitrogen and oxygen atoms in total. The van der Waals surface area contributed by atoms with Crippen LogP contribution in [0.2, 0.25) is 0 Å². The highest BCUT2D eigenvalue weighted by atomic mass is 16.3. The van der Waals surface area contributed by atoms with E-state index >= 15 is 0 Å². The third-order valence-corrected chi connectivity index (χ3v) is 3.29. The van der Waals surface area contributed by atoms with Crippen LogP contribution in [-0.4, -0.2) is 9.78 Å². The normalized spacial score (nSPS) is 11.3. The van der Waals surface area contributed by atoms with Gasteiger partial charge in [-0.05, 0) is 13.0 Å². The number of benzene rings is 1. The van der Waals surface area contributed by atoms with Crippen LogP contribution < -0.4 is 5.32 Å². The van der Waals surface area contributed by atoms with Gasteiger partial charge in [0, 0.05) is 42.8 Å². The Morgan fingerprint density at radius 1 is 1.26 bits per heavy atom. The highest BCUT2D eigenvalue weighted by Crippen LogP contribution is 2.24. The molecule has 1 N–H and O–H groups in total. The zero-order valence-corrected chi connectivity index (χ0v) is 11.2. The maximum atomic E-state index is 5.75. The number of aromatic nitrogens is 2. The van der Waals surface area contributed by atoms with Crippen molar-refractivity contribution < 1.29 is 4.42 Å². The van der Waals surface area contributed by atoms with Crippen molar-refractivity contribution in [2.45, 2.75) is 20.0 Å². The van der Waals surface area contributed by atoms with E-state index in [9.17, 15) is 0 Å². The van der Waals surface area contributed by atoms with Gasteiger partial charge in [-0.3, -0.25) is 4.68 Å². The van der Waals surface area contributed by atoms with Crippen molar-refractivity contribution in [3.05, 3.63) is 53.5 Å². The van der Waals surface area contributed by atoms with Gasteiger partial charge in [-0.2, -0.15) is 5.10 Å². The molecule has 0 fully saturated rings. The molecule has 0 aliphatic heterocycles. The molecule has 0 aliphatic rings. The number of rotatable bonds is 4. The number of furan rings is 1. The van der Waals surface area contributed by atoms with Gasteiger partial charge in [0.25, 0.3) is 0 Å². The van der Waals surface area contributed by atoms with Gasteiger partial charge in [0.05, 0.1) is 6.20 Å². The van der Waals surface area contributed by atoms with Gasteiger partial charge in [0.2, 0.25) is 0 Å². The molecule has 0 saturated carbocycles. The SMILES string of the molecule is Cc1oc2ccccc2c1CNCc1cnn(C)c1. The molecule has 0 spiro atoms. The molecule has 3 aromatic rings. The largest absolute Gasteiger partial charge is 0.461 e. The number of fused-ring (bicyclic) bond motifs is 1. The Morgan fingerprint density at radius 3 is 2.89 bits per heavy atom. The monoisotopic (exact) mass is 255 g/mol. The van der Waals surface area contributed by atoms with Crippen LogP contribution in [0.3, 0.4) is 0 Å². The highest BCUT2D eigenvalue weighted by Gasteiger charge is 2.09. The quantitative estimate of drug-likeness (QED) is 0.779. The summed E-state index contributed by atoms with van der Waals surface area (Å²) in [5.74, 6) is 0.986. The van der Waals surface area contributed by atoms with Crippen molar-refractivity contribution in [2.75, 3.05) is 0 Å². The van der Waals surface area contributed by atoms with Crippen molar-refractivity contribution in [1.82, 2.24) is 15.1 Å². The maximum absolute atomic E-state index is 5.75. The average molecular weight is 255 g/mol. The highest BCUT2D eigenvalue weighted by molar-refractivity contribution is 5.82. The Labute approximate surface area is 112 Å². The van der Waals surface area contributed by atoms with Crippen molar-refractivity contribution >= 4 is 11.0 Å². The molecule has 98 valence electrons. The fourth-order valence-electron chi connectivity index (χ4n) is 2.34. The van der Waals surface area contributed by atoms with Crippen molar-refractivity contribution in [3.8, 4) is 0 Å². The summed E-state index contributed by atoms with van der Waals surface area (Å²) >= 11 is 0. The smallest absolute Gasteiger partial charge is 0.134 e. The first-order valence-corrected chi connectivity index (χ1v) is 6.39. The average Bonchev–Trinajstić information content (AvgIpc) is 2.94. The van der Waals surface area contributed by atoms with E-state index in [4.69, 9.17) is 4.42 Å². The van der Waals surface area contributed by atoms with Crippen LogP contribution in [0, 0.1) is 6.92 Å². The Morgan fingerprint density at radius 2 is 2.11 bits per heavy atom. The summed E-state index contributed by atoms with van der Waals surface area (Å²) in [7, 11) is 1.93. The molecule has 2 heterocycles. The Hall–Kier alpha value is -2.07. The number of aryl methyl sites for hydroxylation is 2. The van der Waals surface area contributed by atoms with E-state index in [1.54, 1.807) is 0 Å². The summed E-state index contributed by atoms with van der Waals surface area (Å²) in [5, 5.41) is 8.79. The molecule has 0 bridgehead atoms. The third kappa shape index (κ3) is 2.39. The van der Waals surface area contributed by atoms with Gasteiger partial charge in [0.1, 0.15) is 11.3 Å². The maximum Gasteiger partial charge on any atom is 0.134 e. The summed E-state index contributed by atoms with van der Waals surface area (Å²) in [6, 6.07) is 8.15. The molecule has 2 aromatic heterocycles. The Balaban J connectivity index is 1.73. The van der Waals surface area contributed by atoms with E-state index in [1.807, 2.05) is 49.2 Å². The number of para-hydroxylation sites is 1. The van der Waals surface area contributed by atoms with Crippen LogP contribution in [0.25, 0.3) is 11.0 Å². The summed E-state index contributed by atoms with van der Waals surface area (Å²) in [6.45, 7) is 3.63. The van der Waals surface area contributed by atoms with Crippen molar-refractivity contribution in [3.63, 3.8) is 0 Å². The van der Waals surface area contributed by atoms with Crippen LogP contribution >= 0.6 is 0 Å². The molecular weight excluding hydrogens is 238 g/mol. The van der Waals surface area contributed by atoms with Gasteiger partial charge >= 0.3 is 0 Å². The first-order chi connectivity index (χ1) is 9.24. The first kappa shape index (κ1) is 12.0. The van der Waals surface area contributed by atoms with E-state index in [0.717, 1.165) is 24.4 Å². The fraction of sp³-hybridized carbons (Fsp3) is 0.267. The zero-order valence-electron chi connectivity index (χ0n) is 11.2. The number of nitrogens with one attached hydrogen (secondary N) is 1. The lowest BCUT2D eigenvalue weighted by Gasteiger charge is -2.02. The lowest BCUT2D eigenvalue weighted by Crippen LogP contribution is -2.12. The molecule has 0 atom stereocenters. The first-order valence-electron chi connectivity index (χ1n) is 6.39. The zero-order chi connectivity index (χ0) is 13.2. The standard InChI is InChI=1S/C15H17N3O/c1-11-14(13-5-3-4-6-15(13)19-11)9-16-7-12-8-17-18(2)10-12/h3-6,8,10,16H,7,9H2,1-2H3. The van der Waals surface area contributed by atoms with E-state index in [1.165, 1.54) is 16.5 Å². The lowest BCUT2D eigenvalue weighted by atomic mass is 10.1. The predicted octanol–water partition coefficient (Wildman–Crippen LogP) is 2.76. The third-order valence-electron chi connectivity index (χ3n) is 3.29. The van der Waals surface area contributed by atoms with Gasteiger partial charge in [-0.25, -0.2) is 0 Å². The molecule has 0 unspecified atom stereocenters. The van der Waals surface area contributed by atoms with Crippen LogP contribution in [-0.2, 0) is 20.1 Å². The minimum absolute atomic E-state index is 0.803. The minimum atomic E-state index is 0.803. The summed E-state index contributed by atoms with van der Waals surface area (Å²) in [4.78, 5) is 0. The molecule has 4 heteroatoms. The second-order valence-electron chi connectivity index (χ2n) is 4.76. The van der Waals surface area contributed by atoms with E-state index in [0.29, 0.717) is 0 Å². The number of hydrogen-bond acceptors (Lipinski definition) is 3. The van der Waals surface area contributed by atoms with Crippen LogP contribution in [0.5, 0.6) is 0 Å². The van der Waals surface area contributed by atoms with E-state index < -0.39 is 0 Å². The fourth-order valence-corrected chi connectivity index (χ4v) is 2.34. The Bertz CT molecular complexity index is 696. The summed E-state index contributed by atoms with van der Waals surface area (Å²) in [5.41, 5.74) is 3.38. The number of hydrogen-bond donors (Lipinski definition) is 1. The Kier molecular flexibility index (Phi) is 3.09. The molecule has 0 radical (unpaired) electrons. The second-order valence-corrected chi connectivity index (χ2v) is 4.76. The molecular formula is C15H17N3O. The van der Waals surface area contributed by atoms with E-state index in [2.05, 4.69) is 16.5 Å². The minimum Gasteiger partial charge on any atom is -0.461 e. The van der Waals surface area contributed by atoms with Gasteiger partial charge < -0.3 is 9.73 Å². The van der Waals surface area contributed by atoms with E-state index in [-0.39, 0.29) is 0 Å². The van der Waals surface area contributed by atoms with Crippen LogP contribution in [0.4, 0.5) is 0 Å². The topological polar surface area (TPSA) is 43.0 Å². The van der Waals surface area contributed by atoms with Gasteiger partial charge in [-0.1, -0.05) is 18.2 Å². The van der Waals surface area contributed by atoms with Gasteiger partial charge in [0.15, 0.2) is 0 Å². The summed E-state index contributed by atoms with van der Waals surface area (Å²) < 4.78 is 7.56. The lowest BCUT2D eigenvalue weighted by molar-refractivity contribution is 0.565. The molecule has 0 saturated heterocycles. The molecule has 3 rings (SSSR count). The predicted molar refractivity (Wildman–Crippen MR) is 74.7 cm³/mol. The second kappa shape index (κ2) is 4.90. The van der Waals surface area contributed by atoms with Crippen LogP contribution in [0.15, 0.2) is 41.1 Å².